The lowest BCUT2D eigenvalue weighted by Gasteiger charge is -2.13. The van der Waals surface area contributed by atoms with E-state index in [-0.39, 0.29) is 16.0 Å². The molecule has 108 valence electrons. The monoisotopic (exact) mass is 311 g/mol. The third kappa shape index (κ3) is 4.31. The van der Waals surface area contributed by atoms with E-state index < -0.39 is 15.6 Å². The van der Waals surface area contributed by atoms with Crippen LogP contribution in [0.4, 0.5) is 14.5 Å². The topological polar surface area (TPSA) is 46.2 Å². The highest BCUT2D eigenvalue weighted by atomic mass is 35.5. The van der Waals surface area contributed by atoms with Gasteiger partial charge in [-0.2, -0.15) is 8.78 Å². The number of hydrogen-bond donors (Lipinski definition) is 1. The van der Waals surface area contributed by atoms with Gasteiger partial charge < -0.3 is 5.32 Å². The summed E-state index contributed by atoms with van der Waals surface area (Å²) in [5, 5.41) is 2.82. The molecule has 1 rings (SSSR count). The minimum atomic E-state index is -4.59. The van der Waals surface area contributed by atoms with Gasteiger partial charge in [-0.25, -0.2) is 8.42 Å². The number of nitrogens with one attached hydrogen (secondary N) is 1. The first kappa shape index (κ1) is 16.2. The summed E-state index contributed by atoms with van der Waals surface area (Å²) in [6, 6.07) is 5.63. The van der Waals surface area contributed by atoms with E-state index in [1.807, 2.05) is 6.92 Å². The largest absolute Gasteiger partial charge is 0.384 e. The zero-order valence-electron chi connectivity index (χ0n) is 10.4. The molecule has 0 heterocycles. The summed E-state index contributed by atoms with van der Waals surface area (Å²) in [6.07, 6.45) is 1.42. The van der Waals surface area contributed by atoms with Gasteiger partial charge in [-0.3, -0.25) is 0 Å². The van der Waals surface area contributed by atoms with Crippen LogP contribution in [-0.4, -0.2) is 26.1 Å². The van der Waals surface area contributed by atoms with E-state index in [2.05, 4.69) is 5.32 Å². The molecular formula is C12H16ClF2NO2S. The van der Waals surface area contributed by atoms with Crippen LogP contribution in [0.15, 0.2) is 29.2 Å². The smallest absolute Gasteiger partial charge is 0.341 e. The Morgan fingerprint density at radius 2 is 1.95 bits per heavy atom. The number of para-hydroxylation sites is 1. The number of sulfone groups is 1. The van der Waals surface area contributed by atoms with Gasteiger partial charge in [0, 0.05) is 11.9 Å². The van der Waals surface area contributed by atoms with E-state index in [0.29, 0.717) is 13.0 Å². The predicted octanol–water partition coefficient (Wildman–Crippen LogP) is 3.50. The third-order valence-corrected chi connectivity index (χ3v) is 4.61. The zero-order chi connectivity index (χ0) is 14.5. The minimum Gasteiger partial charge on any atom is -0.384 e. The van der Waals surface area contributed by atoms with Crippen molar-refractivity contribution in [2.24, 2.45) is 0 Å². The normalized spacial score (nSPS) is 13.5. The fourth-order valence-electron chi connectivity index (χ4n) is 1.52. The van der Waals surface area contributed by atoms with Crippen LogP contribution in [0.3, 0.4) is 0 Å². The molecular weight excluding hydrogens is 296 g/mol. The van der Waals surface area contributed by atoms with Crippen LogP contribution in [0, 0.1) is 0 Å². The average molecular weight is 312 g/mol. The van der Waals surface area contributed by atoms with Gasteiger partial charge in [-0.15, -0.1) is 11.6 Å². The SMILES string of the molecule is CCC(Cl)CCNc1ccccc1S(=O)(=O)C(F)F. The van der Waals surface area contributed by atoms with E-state index in [1.165, 1.54) is 18.2 Å². The van der Waals surface area contributed by atoms with Crippen molar-refractivity contribution in [1.29, 1.82) is 0 Å². The number of anilines is 1. The molecule has 1 atom stereocenters. The standard InChI is InChI=1S/C12H16ClF2NO2S/c1-2-9(13)7-8-16-10-5-3-4-6-11(10)19(17,18)12(14)15/h3-6,9,12,16H,2,7-8H2,1H3. The van der Waals surface area contributed by atoms with Gasteiger partial charge in [0.1, 0.15) is 0 Å². The lowest BCUT2D eigenvalue weighted by molar-refractivity contribution is 0.235. The van der Waals surface area contributed by atoms with Crippen molar-refractivity contribution < 1.29 is 17.2 Å². The fourth-order valence-corrected chi connectivity index (χ4v) is 2.54. The van der Waals surface area contributed by atoms with Crippen molar-refractivity contribution >= 4 is 27.1 Å². The van der Waals surface area contributed by atoms with Gasteiger partial charge in [0.05, 0.1) is 10.6 Å². The molecule has 1 aromatic carbocycles. The van der Waals surface area contributed by atoms with Crippen LogP contribution in [0.1, 0.15) is 19.8 Å². The quantitative estimate of drug-likeness (QED) is 0.784. The summed E-state index contributed by atoms with van der Waals surface area (Å²) in [5.41, 5.74) is 0.183. The van der Waals surface area contributed by atoms with Crippen molar-refractivity contribution in [3.8, 4) is 0 Å². The van der Waals surface area contributed by atoms with Crippen molar-refractivity contribution in [2.75, 3.05) is 11.9 Å². The molecule has 0 aliphatic heterocycles. The summed E-state index contributed by atoms with van der Waals surface area (Å²) in [5.74, 6) is -3.42. The minimum absolute atomic E-state index is 0.0219. The van der Waals surface area contributed by atoms with Crippen LogP contribution >= 0.6 is 11.6 Å². The molecule has 0 radical (unpaired) electrons. The number of alkyl halides is 3. The lowest BCUT2D eigenvalue weighted by atomic mass is 10.2. The molecule has 0 spiro atoms. The van der Waals surface area contributed by atoms with Gasteiger partial charge in [0.25, 0.3) is 0 Å². The zero-order valence-corrected chi connectivity index (χ0v) is 12.0. The molecule has 1 N–H and O–H groups in total. The first-order chi connectivity index (χ1) is 8.89. The Balaban J connectivity index is 2.86. The van der Waals surface area contributed by atoms with Crippen molar-refractivity contribution in [3.05, 3.63) is 24.3 Å². The maximum atomic E-state index is 12.5. The summed E-state index contributed by atoms with van der Waals surface area (Å²) in [6.45, 7) is 2.37. The number of halogens is 3. The van der Waals surface area contributed by atoms with E-state index in [4.69, 9.17) is 11.6 Å². The first-order valence-corrected chi connectivity index (χ1v) is 7.87. The molecule has 0 bridgehead atoms. The third-order valence-electron chi connectivity index (χ3n) is 2.64. The molecule has 0 amide bonds. The molecule has 0 aliphatic rings. The average Bonchev–Trinajstić information content (AvgIpc) is 2.38. The van der Waals surface area contributed by atoms with Crippen LogP contribution in [0.25, 0.3) is 0 Å². The molecule has 0 saturated heterocycles. The second-order valence-corrected chi connectivity index (χ2v) is 6.53. The summed E-state index contributed by atoms with van der Waals surface area (Å²) < 4.78 is 48.1. The number of rotatable bonds is 7. The highest BCUT2D eigenvalue weighted by Crippen LogP contribution is 2.26. The summed E-state index contributed by atoms with van der Waals surface area (Å²) in [7, 11) is -4.59. The Bertz CT molecular complexity index is 508. The van der Waals surface area contributed by atoms with Crippen LogP contribution in [0.2, 0.25) is 0 Å². The van der Waals surface area contributed by atoms with E-state index >= 15 is 0 Å². The highest BCUT2D eigenvalue weighted by Gasteiger charge is 2.28. The molecule has 1 unspecified atom stereocenters. The van der Waals surface area contributed by atoms with Crippen LogP contribution in [0.5, 0.6) is 0 Å². The molecule has 1 aromatic rings. The van der Waals surface area contributed by atoms with Gasteiger partial charge in [-0.05, 0) is 25.0 Å². The molecule has 0 aliphatic carbocycles. The molecule has 7 heteroatoms. The summed E-state index contributed by atoms with van der Waals surface area (Å²) >= 11 is 5.93. The van der Waals surface area contributed by atoms with E-state index in [1.54, 1.807) is 6.07 Å². The Morgan fingerprint density at radius 1 is 1.32 bits per heavy atom. The van der Waals surface area contributed by atoms with Crippen molar-refractivity contribution in [3.63, 3.8) is 0 Å². The molecule has 0 aromatic heterocycles. The van der Waals surface area contributed by atoms with Gasteiger partial charge >= 0.3 is 5.76 Å². The van der Waals surface area contributed by atoms with E-state index in [0.717, 1.165) is 6.42 Å². The molecule has 0 fully saturated rings. The number of hydrogen-bond acceptors (Lipinski definition) is 3. The van der Waals surface area contributed by atoms with Gasteiger partial charge in [0.2, 0.25) is 9.84 Å². The van der Waals surface area contributed by atoms with Gasteiger partial charge in [0.15, 0.2) is 0 Å². The van der Waals surface area contributed by atoms with Crippen molar-refractivity contribution in [1.82, 2.24) is 0 Å². The molecule has 0 saturated carbocycles. The predicted molar refractivity (Wildman–Crippen MR) is 72.7 cm³/mol. The maximum absolute atomic E-state index is 12.5. The molecule has 19 heavy (non-hydrogen) atoms. The molecule has 3 nitrogen and oxygen atoms in total. The summed E-state index contributed by atoms with van der Waals surface area (Å²) in [4.78, 5) is -0.382. The lowest BCUT2D eigenvalue weighted by Crippen LogP contribution is -2.15. The Labute approximate surface area is 116 Å². The second kappa shape index (κ2) is 7.05. The Morgan fingerprint density at radius 3 is 2.53 bits per heavy atom. The fraction of sp³-hybridized carbons (Fsp3) is 0.500. The van der Waals surface area contributed by atoms with Crippen molar-refractivity contribution in [2.45, 2.75) is 35.8 Å². The van der Waals surface area contributed by atoms with Crippen LogP contribution in [-0.2, 0) is 9.84 Å². The van der Waals surface area contributed by atoms with Gasteiger partial charge in [-0.1, -0.05) is 19.1 Å². The first-order valence-electron chi connectivity index (χ1n) is 5.88. The second-order valence-electron chi connectivity index (χ2n) is 4.02. The Kier molecular flexibility index (Phi) is 6.00. The Hall–Kier alpha value is -0.880. The number of benzene rings is 1. The maximum Gasteiger partial charge on any atom is 0.341 e. The highest BCUT2D eigenvalue weighted by molar-refractivity contribution is 7.91. The van der Waals surface area contributed by atoms with Crippen LogP contribution < -0.4 is 5.32 Å². The van der Waals surface area contributed by atoms with E-state index in [9.17, 15) is 17.2 Å².